The second kappa shape index (κ2) is 8.01. The van der Waals surface area contributed by atoms with E-state index in [-0.39, 0.29) is 16.8 Å². The van der Waals surface area contributed by atoms with Gasteiger partial charge in [-0.25, -0.2) is 23.1 Å². The highest BCUT2D eigenvalue weighted by atomic mass is 32.2. The van der Waals surface area contributed by atoms with E-state index in [9.17, 15) is 13.2 Å². The van der Waals surface area contributed by atoms with E-state index in [4.69, 9.17) is 0 Å². The molecule has 0 saturated carbocycles. The third kappa shape index (κ3) is 4.81. The summed E-state index contributed by atoms with van der Waals surface area (Å²) in [7, 11) is -3.72. The van der Waals surface area contributed by atoms with E-state index in [0.29, 0.717) is 23.7 Å². The molecule has 0 spiro atoms. The Kier molecular flexibility index (Phi) is 5.71. The van der Waals surface area contributed by atoms with Gasteiger partial charge in [-0.15, -0.1) is 0 Å². The molecule has 0 aliphatic carbocycles. The van der Waals surface area contributed by atoms with E-state index in [2.05, 4.69) is 20.0 Å². The predicted octanol–water partition coefficient (Wildman–Crippen LogP) is 1.69. The standard InChI is InChI=1S/C18H23N5O3S/c1-13-6-7-15(21-14(2)24)11-17(13)27(25,26)22-16-5-3-10-23(12-16)18-19-8-4-9-20-18/h4,6-9,11,16,22H,3,5,10,12H2,1-2H3,(H,21,24). The van der Waals surface area contributed by atoms with E-state index in [1.807, 2.05) is 4.90 Å². The summed E-state index contributed by atoms with van der Waals surface area (Å²) >= 11 is 0. The van der Waals surface area contributed by atoms with Crippen LogP contribution in [0.3, 0.4) is 0 Å². The number of hydrogen-bond acceptors (Lipinski definition) is 6. The number of rotatable bonds is 5. The van der Waals surface area contributed by atoms with Gasteiger partial charge in [-0.1, -0.05) is 6.07 Å². The molecule has 1 saturated heterocycles. The summed E-state index contributed by atoms with van der Waals surface area (Å²) in [4.78, 5) is 21.9. The monoisotopic (exact) mass is 389 g/mol. The summed E-state index contributed by atoms with van der Waals surface area (Å²) < 4.78 is 28.7. The van der Waals surface area contributed by atoms with Gasteiger partial charge in [-0.3, -0.25) is 4.79 Å². The van der Waals surface area contributed by atoms with E-state index < -0.39 is 10.0 Å². The Bertz CT molecular complexity index is 918. The number of nitrogens with one attached hydrogen (secondary N) is 2. The second-order valence-corrected chi connectivity index (χ2v) is 8.30. The molecule has 1 amide bonds. The summed E-state index contributed by atoms with van der Waals surface area (Å²) in [5.41, 5.74) is 1.08. The van der Waals surface area contributed by atoms with Gasteiger partial charge in [0, 0.05) is 44.1 Å². The highest BCUT2D eigenvalue weighted by molar-refractivity contribution is 7.89. The molecular formula is C18H23N5O3S. The fourth-order valence-electron chi connectivity index (χ4n) is 3.16. The predicted molar refractivity (Wildman–Crippen MR) is 103 cm³/mol. The van der Waals surface area contributed by atoms with Crippen molar-refractivity contribution in [2.75, 3.05) is 23.3 Å². The lowest BCUT2D eigenvalue weighted by Crippen LogP contribution is -2.48. The molecule has 1 aliphatic heterocycles. The molecule has 1 unspecified atom stereocenters. The Morgan fingerprint density at radius 1 is 1.26 bits per heavy atom. The zero-order chi connectivity index (χ0) is 19.4. The summed E-state index contributed by atoms with van der Waals surface area (Å²) in [5.74, 6) is 0.353. The van der Waals surface area contributed by atoms with Gasteiger partial charge < -0.3 is 10.2 Å². The first-order chi connectivity index (χ1) is 12.8. The van der Waals surface area contributed by atoms with Gasteiger partial charge in [0.1, 0.15) is 0 Å². The normalized spacial score (nSPS) is 17.6. The maximum absolute atomic E-state index is 12.9. The average molecular weight is 389 g/mol. The van der Waals surface area contributed by atoms with Crippen LogP contribution < -0.4 is 14.9 Å². The molecule has 1 atom stereocenters. The van der Waals surface area contributed by atoms with E-state index >= 15 is 0 Å². The summed E-state index contributed by atoms with van der Waals surface area (Å²) in [6.07, 6.45) is 4.93. The van der Waals surface area contributed by atoms with Crippen molar-refractivity contribution in [3.05, 3.63) is 42.2 Å². The van der Waals surface area contributed by atoms with Crippen LogP contribution in [0.1, 0.15) is 25.3 Å². The summed E-state index contributed by atoms with van der Waals surface area (Å²) in [6, 6.07) is 6.37. The molecular weight excluding hydrogens is 366 g/mol. The first kappa shape index (κ1) is 19.2. The highest BCUT2D eigenvalue weighted by Crippen LogP contribution is 2.22. The van der Waals surface area contributed by atoms with Crippen molar-refractivity contribution in [1.82, 2.24) is 14.7 Å². The lowest BCUT2D eigenvalue weighted by atomic mass is 10.1. The second-order valence-electron chi connectivity index (χ2n) is 6.62. The Morgan fingerprint density at radius 2 is 2.00 bits per heavy atom. The van der Waals surface area contributed by atoms with Crippen LogP contribution in [-0.2, 0) is 14.8 Å². The van der Waals surface area contributed by atoms with Crippen LogP contribution in [0.4, 0.5) is 11.6 Å². The number of hydrogen-bond donors (Lipinski definition) is 2. The Labute approximate surface area is 159 Å². The van der Waals surface area contributed by atoms with E-state index in [0.717, 1.165) is 19.4 Å². The van der Waals surface area contributed by atoms with Crippen LogP contribution in [0.25, 0.3) is 0 Å². The highest BCUT2D eigenvalue weighted by Gasteiger charge is 2.27. The summed E-state index contributed by atoms with van der Waals surface area (Å²) in [6.45, 7) is 4.42. The molecule has 1 aromatic heterocycles. The lowest BCUT2D eigenvalue weighted by Gasteiger charge is -2.33. The van der Waals surface area contributed by atoms with Crippen LogP contribution in [0.5, 0.6) is 0 Å². The van der Waals surface area contributed by atoms with Crippen LogP contribution >= 0.6 is 0 Å². The number of sulfonamides is 1. The Balaban J connectivity index is 1.77. The molecule has 1 aliphatic rings. The van der Waals surface area contributed by atoms with Crippen LogP contribution in [0, 0.1) is 6.92 Å². The molecule has 8 nitrogen and oxygen atoms in total. The van der Waals surface area contributed by atoms with Gasteiger partial charge >= 0.3 is 0 Å². The largest absolute Gasteiger partial charge is 0.339 e. The molecule has 1 fully saturated rings. The molecule has 0 radical (unpaired) electrons. The van der Waals surface area contributed by atoms with Crippen molar-refractivity contribution >= 4 is 27.6 Å². The van der Waals surface area contributed by atoms with E-state index in [1.54, 1.807) is 37.5 Å². The number of carbonyl (C=O) groups excluding carboxylic acids is 1. The number of amides is 1. The number of aryl methyl sites for hydroxylation is 1. The number of carbonyl (C=O) groups is 1. The SMILES string of the molecule is CC(=O)Nc1ccc(C)c(S(=O)(=O)NC2CCCN(c3ncccn3)C2)c1. The fraction of sp³-hybridized carbons (Fsp3) is 0.389. The Hall–Kier alpha value is -2.52. The van der Waals surface area contributed by atoms with Crippen molar-refractivity contribution in [1.29, 1.82) is 0 Å². The molecule has 27 heavy (non-hydrogen) atoms. The third-order valence-corrected chi connectivity index (χ3v) is 6.04. The molecule has 3 rings (SSSR count). The van der Waals surface area contributed by atoms with Crippen LogP contribution in [0.15, 0.2) is 41.6 Å². The van der Waals surface area contributed by atoms with Gasteiger partial charge in [0.2, 0.25) is 21.9 Å². The van der Waals surface area contributed by atoms with Crippen molar-refractivity contribution in [2.24, 2.45) is 0 Å². The number of anilines is 2. The maximum atomic E-state index is 12.9. The molecule has 2 heterocycles. The first-order valence-corrected chi connectivity index (χ1v) is 10.3. The molecule has 1 aromatic carbocycles. The van der Waals surface area contributed by atoms with E-state index in [1.165, 1.54) is 13.0 Å². The minimum absolute atomic E-state index is 0.168. The van der Waals surface area contributed by atoms with Gasteiger partial charge in [0.25, 0.3) is 0 Å². The Morgan fingerprint density at radius 3 is 2.70 bits per heavy atom. The van der Waals surface area contributed by atoms with Crippen LogP contribution in [0.2, 0.25) is 0 Å². The van der Waals surface area contributed by atoms with Gasteiger partial charge in [-0.2, -0.15) is 0 Å². The zero-order valence-corrected chi connectivity index (χ0v) is 16.2. The molecule has 0 bridgehead atoms. The van der Waals surface area contributed by atoms with Crippen molar-refractivity contribution in [2.45, 2.75) is 37.6 Å². The number of aromatic nitrogens is 2. The molecule has 144 valence electrons. The zero-order valence-electron chi connectivity index (χ0n) is 15.3. The number of piperidine rings is 1. The van der Waals surface area contributed by atoms with Crippen molar-refractivity contribution < 1.29 is 13.2 Å². The molecule has 2 aromatic rings. The molecule has 9 heteroatoms. The van der Waals surface area contributed by atoms with Crippen LogP contribution in [-0.4, -0.2) is 43.4 Å². The van der Waals surface area contributed by atoms with Gasteiger partial charge in [-0.05, 0) is 43.5 Å². The fourth-order valence-corrected chi connectivity index (χ4v) is 4.70. The number of nitrogens with zero attached hydrogens (tertiary/aromatic N) is 3. The van der Waals surface area contributed by atoms with Gasteiger partial charge in [0.15, 0.2) is 0 Å². The maximum Gasteiger partial charge on any atom is 0.241 e. The average Bonchev–Trinajstić information content (AvgIpc) is 2.63. The lowest BCUT2D eigenvalue weighted by molar-refractivity contribution is -0.114. The van der Waals surface area contributed by atoms with Crippen molar-refractivity contribution in [3.63, 3.8) is 0 Å². The van der Waals surface area contributed by atoms with Gasteiger partial charge in [0.05, 0.1) is 4.90 Å². The minimum Gasteiger partial charge on any atom is -0.339 e. The quantitative estimate of drug-likeness (QED) is 0.806. The minimum atomic E-state index is -3.72. The first-order valence-electron chi connectivity index (χ1n) is 8.78. The third-order valence-electron chi connectivity index (χ3n) is 4.38. The molecule has 2 N–H and O–H groups in total. The number of benzene rings is 1. The topological polar surface area (TPSA) is 104 Å². The smallest absolute Gasteiger partial charge is 0.241 e. The summed E-state index contributed by atoms with van der Waals surface area (Å²) in [5, 5.41) is 2.62. The van der Waals surface area contributed by atoms with Crippen molar-refractivity contribution in [3.8, 4) is 0 Å².